The summed E-state index contributed by atoms with van der Waals surface area (Å²) >= 11 is 0. The molecule has 4 nitrogen and oxygen atoms in total. The molecular weight excluding hydrogens is 231 g/mol. The fourth-order valence-electron chi connectivity index (χ4n) is 2.05. The van der Waals surface area contributed by atoms with Crippen LogP contribution in [-0.2, 0) is 0 Å². The molecule has 0 aliphatic heterocycles. The lowest BCUT2D eigenvalue weighted by Crippen LogP contribution is -1.90. The van der Waals surface area contributed by atoms with Gasteiger partial charge in [0.25, 0.3) is 0 Å². The van der Waals surface area contributed by atoms with Gasteiger partial charge in [-0.25, -0.2) is 19.3 Å². The van der Waals surface area contributed by atoms with E-state index in [1.54, 1.807) is 10.5 Å². The van der Waals surface area contributed by atoms with Gasteiger partial charge in [0.15, 0.2) is 11.3 Å². The van der Waals surface area contributed by atoms with Crippen LogP contribution < -0.4 is 0 Å². The van der Waals surface area contributed by atoms with Gasteiger partial charge in [0.05, 0.1) is 11.0 Å². The van der Waals surface area contributed by atoms with E-state index in [0.29, 0.717) is 16.9 Å². The van der Waals surface area contributed by atoms with E-state index in [-0.39, 0.29) is 5.82 Å². The lowest BCUT2D eigenvalue weighted by atomic mass is 10.3. The van der Waals surface area contributed by atoms with Gasteiger partial charge in [-0.2, -0.15) is 0 Å². The number of para-hydroxylation sites is 2. The lowest BCUT2D eigenvalue weighted by Gasteiger charge is -1.97. The highest BCUT2D eigenvalue weighted by Gasteiger charge is 2.09. The Kier molecular flexibility index (Phi) is 1.70. The van der Waals surface area contributed by atoms with Crippen molar-refractivity contribution in [3.8, 4) is 0 Å². The standard InChI is InChI=1S/C13H7FN4/c14-8-5-6-11-17-12-13(18(11)7-8)16-10-4-2-1-3-9(10)15-12/h1-7H. The van der Waals surface area contributed by atoms with Gasteiger partial charge >= 0.3 is 0 Å². The molecule has 0 bridgehead atoms. The summed E-state index contributed by atoms with van der Waals surface area (Å²) in [7, 11) is 0. The normalized spacial score (nSPS) is 11.6. The van der Waals surface area contributed by atoms with Crippen LogP contribution in [0.5, 0.6) is 0 Å². The summed E-state index contributed by atoms with van der Waals surface area (Å²) in [6.07, 6.45) is 1.37. The molecule has 5 heteroatoms. The molecule has 0 radical (unpaired) electrons. The number of pyridine rings is 1. The number of hydrogen-bond acceptors (Lipinski definition) is 3. The monoisotopic (exact) mass is 238 g/mol. The number of imidazole rings is 1. The van der Waals surface area contributed by atoms with Crippen molar-refractivity contribution in [1.82, 2.24) is 19.4 Å². The fourth-order valence-corrected chi connectivity index (χ4v) is 2.05. The summed E-state index contributed by atoms with van der Waals surface area (Å²) in [5, 5.41) is 0. The summed E-state index contributed by atoms with van der Waals surface area (Å²) < 4.78 is 14.9. The van der Waals surface area contributed by atoms with Crippen LogP contribution in [0.2, 0.25) is 0 Å². The molecule has 0 aliphatic rings. The second-order valence-corrected chi connectivity index (χ2v) is 4.05. The fraction of sp³-hybridized carbons (Fsp3) is 0. The van der Waals surface area contributed by atoms with E-state index in [0.717, 1.165) is 11.0 Å². The van der Waals surface area contributed by atoms with E-state index in [1.165, 1.54) is 12.3 Å². The topological polar surface area (TPSA) is 43.1 Å². The lowest BCUT2D eigenvalue weighted by molar-refractivity contribution is 0.620. The Labute approximate surface area is 101 Å². The Hall–Kier alpha value is -2.56. The summed E-state index contributed by atoms with van der Waals surface area (Å²) in [6.45, 7) is 0. The SMILES string of the molecule is Fc1ccc2nc3nc4ccccc4nc3n2c1. The van der Waals surface area contributed by atoms with Crippen molar-refractivity contribution >= 4 is 28.0 Å². The van der Waals surface area contributed by atoms with Crippen LogP contribution in [0.3, 0.4) is 0 Å². The van der Waals surface area contributed by atoms with E-state index in [4.69, 9.17) is 0 Å². The molecule has 0 saturated heterocycles. The van der Waals surface area contributed by atoms with Crippen LogP contribution in [0.4, 0.5) is 4.39 Å². The van der Waals surface area contributed by atoms with E-state index in [9.17, 15) is 4.39 Å². The van der Waals surface area contributed by atoms with Gasteiger partial charge in [-0.05, 0) is 24.3 Å². The first kappa shape index (κ1) is 9.47. The quantitative estimate of drug-likeness (QED) is 0.473. The van der Waals surface area contributed by atoms with Gasteiger partial charge in [0.2, 0.25) is 0 Å². The summed E-state index contributed by atoms with van der Waals surface area (Å²) in [5.74, 6) is -0.322. The molecular formula is C13H7FN4. The highest BCUT2D eigenvalue weighted by molar-refractivity contribution is 5.84. The van der Waals surface area contributed by atoms with Gasteiger partial charge in [-0.3, -0.25) is 4.40 Å². The van der Waals surface area contributed by atoms with Crippen LogP contribution in [0.1, 0.15) is 0 Å². The van der Waals surface area contributed by atoms with Gasteiger partial charge < -0.3 is 0 Å². The molecule has 18 heavy (non-hydrogen) atoms. The average molecular weight is 238 g/mol. The molecule has 0 aliphatic carbocycles. The molecule has 0 N–H and O–H groups in total. The number of hydrogen-bond donors (Lipinski definition) is 0. The minimum Gasteiger partial charge on any atom is -0.280 e. The Bertz CT molecular complexity index is 897. The molecule has 4 rings (SSSR count). The number of fused-ring (bicyclic) bond motifs is 4. The maximum Gasteiger partial charge on any atom is 0.198 e. The van der Waals surface area contributed by atoms with Crippen molar-refractivity contribution in [2.45, 2.75) is 0 Å². The molecule has 0 unspecified atom stereocenters. The number of rotatable bonds is 0. The van der Waals surface area contributed by atoms with Crippen LogP contribution >= 0.6 is 0 Å². The van der Waals surface area contributed by atoms with Gasteiger partial charge in [0, 0.05) is 6.20 Å². The Balaban J connectivity index is 2.25. The first-order chi connectivity index (χ1) is 8.81. The van der Waals surface area contributed by atoms with E-state index in [1.807, 2.05) is 24.3 Å². The number of benzene rings is 1. The van der Waals surface area contributed by atoms with Crippen LogP contribution in [0.15, 0.2) is 42.6 Å². The molecule has 0 spiro atoms. The van der Waals surface area contributed by atoms with Crippen molar-refractivity contribution in [3.63, 3.8) is 0 Å². The highest BCUT2D eigenvalue weighted by Crippen LogP contribution is 2.17. The Morgan fingerprint density at radius 2 is 1.67 bits per heavy atom. The van der Waals surface area contributed by atoms with Crippen molar-refractivity contribution in [2.24, 2.45) is 0 Å². The van der Waals surface area contributed by atoms with Crippen molar-refractivity contribution < 1.29 is 4.39 Å². The minimum atomic E-state index is -0.322. The van der Waals surface area contributed by atoms with Crippen molar-refractivity contribution in [1.29, 1.82) is 0 Å². The predicted octanol–water partition coefficient (Wildman–Crippen LogP) is 2.57. The first-order valence-corrected chi connectivity index (χ1v) is 5.51. The van der Waals surface area contributed by atoms with Gasteiger partial charge in [0.1, 0.15) is 11.5 Å². The maximum absolute atomic E-state index is 13.3. The zero-order valence-corrected chi connectivity index (χ0v) is 9.21. The Morgan fingerprint density at radius 1 is 0.889 bits per heavy atom. The van der Waals surface area contributed by atoms with Crippen LogP contribution in [-0.4, -0.2) is 19.4 Å². The van der Waals surface area contributed by atoms with Gasteiger partial charge in [-0.1, -0.05) is 12.1 Å². The van der Waals surface area contributed by atoms with Gasteiger partial charge in [-0.15, -0.1) is 0 Å². The summed E-state index contributed by atoms with van der Waals surface area (Å²) in [5.41, 5.74) is 3.30. The third kappa shape index (κ3) is 1.21. The zero-order chi connectivity index (χ0) is 12.1. The summed E-state index contributed by atoms with van der Waals surface area (Å²) in [4.78, 5) is 13.2. The highest BCUT2D eigenvalue weighted by atomic mass is 19.1. The minimum absolute atomic E-state index is 0.322. The molecule has 86 valence electrons. The van der Waals surface area contributed by atoms with Crippen LogP contribution in [0.25, 0.3) is 28.0 Å². The molecule has 4 aromatic rings. The number of aromatic nitrogens is 4. The molecule has 0 saturated carbocycles. The molecule has 0 atom stereocenters. The number of nitrogens with zero attached hydrogens (tertiary/aromatic N) is 4. The second-order valence-electron chi connectivity index (χ2n) is 4.05. The Morgan fingerprint density at radius 3 is 2.50 bits per heavy atom. The van der Waals surface area contributed by atoms with Crippen LogP contribution in [0, 0.1) is 5.82 Å². The molecule has 0 amide bonds. The van der Waals surface area contributed by atoms with Crippen molar-refractivity contribution in [3.05, 3.63) is 48.4 Å². The first-order valence-electron chi connectivity index (χ1n) is 5.51. The van der Waals surface area contributed by atoms with E-state index in [2.05, 4.69) is 15.0 Å². The van der Waals surface area contributed by atoms with Crippen molar-refractivity contribution in [2.75, 3.05) is 0 Å². The third-order valence-electron chi connectivity index (χ3n) is 2.87. The summed E-state index contributed by atoms with van der Waals surface area (Å²) in [6, 6.07) is 10.5. The molecule has 0 fully saturated rings. The molecule has 1 aromatic carbocycles. The molecule has 3 heterocycles. The zero-order valence-electron chi connectivity index (χ0n) is 9.21. The third-order valence-corrected chi connectivity index (χ3v) is 2.87. The second kappa shape index (κ2) is 3.22. The smallest absolute Gasteiger partial charge is 0.198 e. The average Bonchev–Trinajstić information content (AvgIpc) is 2.73. The van der Waals surface area contributed by atoms with E-state index >= 15 is 0 Å². The number of halogens is 1. The largest absolute Gasteiger partial charge is 0.280 e. The van der Waals surface area contributed by atoms with E-state index < -0.39 is 0 Å². The predicted molar refractivity (Wildman–Crippen MR) is 65.8 cm³/mol. The molecule has 3 aromatic heterocycles. The maximum atomic E-state index is 13.3.